The molecule has 0 spiro atoms. The molecule has 2 aromatic heterocycles. The van der Waals surface area contributed by atoms with E-state index < -0.39 is 0 Å². The SMILES string of the molecule is Cc1cc(-c2nn(C)c(C#N)c2C)ccc1OCc1c(C)cccc1-n1[nH+]nn(C)c1=O. The van der Waals surface area contributed by atoms with Crippen molar-refractivity contribution in [3.63, 3.8) is 0 Å². The van der Waals surface area contributed by atoms with Crippen molar-refractivity contribution in [2.24, 2.45) is 14.1 Å². The minimum absolute atomic E-state index is 0.264. The molecule has 0 unspecified atom stereocenters. The first-order valence-electron chi connectivity index (χ1n) is 10.1. The first-order valence-corrected chi connectivity index (χ1v) is 10.1. The van der Waals surface area contributed by atoms with Gasteiger partial charge in [0, 0.05) is 23.7 Å². The number of aromatic amines is 1. The molecular formula is C23H24N7O2+. The lowest BCUT2D eigenvalue weighted by Crippen LogP contribution is -2.29. The van der Waals surface area contributed by atoms with Gasteiger partial charge in [-0.05, 0) is 56.2 Å². The predicted octanol–water partition coefficient (Wildman–Crippen LogP) is 2.16. The van der Waals surface area contributed by atoms with Crippen molar-refractivity contribution in [3.8, 4) is 28.8 Å². The van der Waals surface area contributed by atoms with E-state index in [1.807, 2.05) is 57.2 Å². The summed E-state index contributed by atoms with van der Waals surface area (Å²) in [6, 6.07) is 13.8. The van der Waals surface area contributed by atoms with Gasteiger partial charge in [0.2, 0.25) is 0 Å². The maximum atomic E-state index is 12.4. The highest BCUT2D eigenvalue weighted by Crippen LogP contribution is 2.29. The monoisotopic (exact) mass is 430 g/mol. The van der Waals surface area contributed by atoms with Crippen molar-refractivity contribution in [1.29, 1.82) is 5.26 Å². The molecule has 0 aliphatic rings. The molecule has 0 saturated heterocycles. The number of aryl methyl sites for hydroxylation is 4. The van der Waals surface area contributed by atoms with Gasteiger partial charge >= 0.3 is 5.69 Å². The predicted molar refractivity (Wildman–Crippen MR) is 117 cm³/mol. The standard InChI is InChI=1S/C23H23N7O2/c1-14-7-6-8-19(30-23(31)29(5)26-27-30)18(14)13-32-21-10-9-17(11-15(21)2)22-16(3)20(12-24)28(4)25-22/h6-11H,13H2,1-5H3/p+1. The molecule has 2 aromatic carbocycles. The lowest BCUT2D eigenvalue weighted by molar-refractivity contribution is -0.546. The van der Waals surface area contributed by atoms with Crippen LogP contribution in [-0.4, -0.2) is 24.4 Å². The molecule has 0 fully saturated rings. The van der Waals surface area contributed by atoms with E-state index in [0.717, 1.165) is 39.3 Å². The van der Waals surface area contributed by atoms with Crippen LogP contribution in [0.5, 0.6) is 5.75 Å². The van der Waals surface area contributed by atoms with Crippen LogP contribution in [0.4, 0.5) is 0 Å². The van der Waals surface area contributed by atoms with Crippen LogP contribution in [0, 0.1) is 32.1 Å². The molecule has 9 nitrogen and oxygen atoms in total. The fourth-order valence-electron chi connectivity index (χ4n) is 3.75. The second-order valence-corrected chi connectivity index (χ2v) is 7.74. The van der Waals surface area contributed by atoms with Gasteiger partial charge in [0.25, 0.3) is 0 Å². The number of rotatable bonds is 5. The Morgan fingerprint density at radius 3 is 2.50 bits per heavy atom. The Kier molecular flexibility index (Phi) is 5.36. The highest BCUT2D eigenvalue weighted by molar-refractivity contribution is 5.67. The number of ether oxygens (including phenoxy) is 1. The molecule has 0 bridgehead atoms. The third-order valence-electron chi connectivity index (χ3n) is 5.60. The average molecular weight is 430 g/mol. The summed E-state index contributed by atoms with van der Waals surface area (Å²) in [7, 11) is 3.36. The summed E-state index contributed by atoms with van der Waals surface area (Å²) in [6.07, 6.45) is 0. The number of nitrogens with zero attached hydrogens (tertiary/aromatic N) is 6. The van der Waals surface area contributed by atoms with Crippen molar-refractivity contribution in [2.75, 3.05) is 0 Å². The first kappa shape index (κ1) is 21.1. The number of nitriles is 1. The Hall–Kier alpha value is -4.19. The van der Waals surface area contributed by atoms with Gasteiger partial charge in [-0.2, -0.15) is 10.4 Å². The molecule has 0 amide bonds. The Bertz CT molecular complexity index is 1420. The quantitative estimate of drug-likeness (QED) is 0.482. The van der Waals surface area contributed by atoms with Gasteiger partial charge < -0.3 is 4.74 Å². The molecule has 9 heteroatoms. The minimum Gasteiger partial charge on any atom is -0.489 e. The fourth-order valence-corrected chi connectivity index (χ4v) is 3.75. The summed E-state index contributed by atoms with van der Waals surface area (Å²) in [6.45, 7) is 6.15. The van der Waals surface area contributed by atoms with Gasteiger partial charge in [-0.3, -0.25) is 4.68 Å². The molecule has 0 saturated carbocycles. The summed E-state index contributed by atoms with van der Waals surface area (Å²) in [5, 5.41) is 20.5. The molecule has 0 radical (unpaired) electrons. The Morgan fingerprint density at radius 2 is 1.88 bits per heavy atom. The molecule has 32 heavy (non-hydrogen) atoms. The first-order chi connectivity index (χ1) is 15.3. The van der Waals surface area contributed by atoms with Gasteiger partial charge in [0.15, 0.2) is 0 Å². The number of hydrogen-bond acceptors (Lipinski definition) is 5. The lowest BCUT2D eigenvalue weighted by Gasteiger charge is -2.14. The van der Waals surface area contributed by atoms with E-state index in [4.69, 9.17) is 4.74 Å². The zero-order valence-electron chi connectivity index (χ0n) is 18.7. The van der Waals surface area contributed by atoms with Gasteiger partial charge in [0.05, 0.1) is 5.69 Å². The van der Waals surface area contributed by atoms with E-state index in [1.54, 1.807) is 18.8 Å². The smallest absolute Gasteiger partial charge is 0.473 e. The molecule has 0 aliphatic carbocycles. The van der Waals surface area contributed by atoms with Crippen LogP contribution in [0.1, 0.15) is 27.9 Å². The number of H-pyrrole nitrogens is 1. The highest BCUT2D eigenvalue weighted by Gasteiger charge is 2.18. The van der Waals surface area contributed by atoms with E-state index in [-0.39, 0.29) is 5.69 Å². The zero-order chi connectivity index (χ0) is 23.0. The molecule has 162 valence electrons. The van der Waals surface area contributed by atoms with Gasteiger partial charge in [-0.1, -0.05) is 26.7 Å². The van der Waals surface area contributed by atoms with Crippen LogP contribution in [0.2, 0.25) is 0 Å². The lowest BCUT2D eigenvalue weighted by atomic mass is 10.0. The van der Waals surface area contributed by atoms with Crippen LogP contribution in [0.15, 0.2) is 41.2 Å². The maximum absolute atomic E-state index is 12.4. The van der Waals surface area contributed by atoms with Crippen LogP contribution >= 0.6 is 0 Å². The number of hydrogen-bond donors (Lipinski definition) is 0. The third kappa shape index (κ3) is 3.56. The molecule has 1 N–H and O–H groups in total. The zero-order valence-corrected chi connectivity index (χ0v) is 18.7. The van der Waals surface area contributed by atoms with Gasteiger partial charge in [-0.15, -0.1) is 0 Å². The molecule has 0 aliphatic heterocycles. The van der Waals surface area contributed by atoms with Crippen LogP contribution in [0.3, 0.4) is 0 Å². The minimum atomic E-state index is -0.264. The molecule has 2 heterocycles. The second-order valence-electron chi connectivity index (χ2n) is 7.74. The average Bonchev–Trinajstić information content (AvgIpc) is 3.25. The summed E-state index contributed by atoms with van der Waals surface area (Å²) in [5.74, 6) is 0.736. The number of aromatic nitrogens is 6. The van der Waals surface area contributed by atoms with Crippen LogP contribution < -0.4 is 15.6 Å². The molecular weight excluding hydrogens is 406 g/mol. The third-order valence-corrected chi connectivity index (χ3v) is 5.60. The summed E-state index contributed by atoms with van der Waals surface area (Å²) in [5.41, 5.74) is 6.40. The fraction of sp³-hybridized carbons (Fsp3) is 0.261. The Morgan fingerprint density at radius 1 is 1.09 bits per heavy atom. The Labute approximate surface area is 185 Å². The Balaban J connectivity index is 1.63. The van der Waals surface area contributed by atoms with Gasteiger partial charge in [0.1, 0.15) is 42.1 Å². The molecule has 4 rings (SSSR count). The molecule has 0 atom stereocenters. The highest BCUT2D eigenvalue weighted by atomic mass is 16.5. The van der Waals surface area contributed by atoms with Crippen molar-refractivity contribution >= 4 is 0 Å². The molecule has 4 aromatic rings. The largest absolute Gasteiger partial charge is 0.489 e. The van der Waals surface area contributed by atoms with Gasteiger partial charge in [-0.25, -0.2) is 4.79 Å². The second kappa shape index (κ2) is 8.15. The summed E-state index contributed by atoms with van der Waals surface area (Å²) in [4.78, 5) is 12.4. The van der Waals surface area contributed by atoms with Crippen molar-refractivity contribution in [2.45, 2.75) is 27.4 Å². The number of benzene rings is 2. The van der Waals surface area contributed by atoms with Crippen molar-refractivity contribution in [1.82, 2.24) is 24.4 Å². The van der Waals surface area contributed by atoms with Crippen LogP contribution in [0.25, 0.3) is 16.9 Å². The van der Waals surface area contributed by atoms with E-state index in [9.17, 15) is 10.1 Å². The van der Waals surface area contributed by atoms with E-state index >= 15 is 0 Å². The van der Waals surface area contributed by atoms with E-state index in [1.165, 1.54) is 9.36 Å². The van der Waals surface area contributed by atoms with E-state index in [2.05, 4.69) is 21.6 Å². The van der Waals surface area contributed by atoms with Crippen molar-refractivity contribution < 1.29 is 9.95 Å². The summed E-state index contributed by atoms with van der Waals surface area (Å²) < 4.78 is 10.4. The number of tetrazole rings is 1. The maximum Gasteiger partial charge on any atom is 0.473 e. The van der Waals surface area contributed by atoms with Crippen molar-refractivity contribution in [3.05, 3.63) is 74.8 Å². The summed E-state index contributed by atoms with van der Waals surface area (Å²) >= 11 is 0. The normalized spacial score (nSPS) is 10.9. The van der Waals surface area contributed by atoms with Crippen LogP contribution in [-0.2, 0) is 20.7 Å². The topological polar surface area (TPSA) is 105 Å². The van der Waals surface area contributed by atoms with E-state index in [0.29, 0.717) is 18.0 Å². The number of nitrogens with one attached hydrogen (secondary N) is 1.